The van der Waals surface area contributed by atoms with Crippen LogP contribution in [0.4, 0.5) is 18.9 Å². The SMILES string of the molecule is Cc1cc([C@H](N)C(F)(F)F)ccc1N. The largest absolute Gasteiger partial charge is 0.407 e. The van der Waals surface area contributed by atoms with Gasteiger partial charge >= 0.3 is 6.18 Å². The van der Waals surface area contributed by atoms with Crippen LogP contribution in [0.15, 0.2) is 18.2 Å². The summed E-state index contributed by atoms with van der Waals surface area (Å²) in [6.45, 7) is 1.64. The lowest BCUT2D eigenvalue weighted by molar-refractivity contribution is -0.149. The number of rotatable bonds is 1. The average Bonchev–Trinajstić information content (AvgIpc) is 2.07. The van der Waals surface area contributed by atoms with Crippen LogP contribution in [0.5, 0.6) is 0 Å². The van der Waals surface area contributed by atoms with Crippen molar-refractivity contribution in [1.82, 2.24) is 0 Å². The zero-order valence-corrected chi connectivity index (χ0v) is 7.60. The van der Waals surface area contributed by atoms with Gasteiger partial charge in [0, 0.05) is 5.69 Å². The van der Waals surface area contributed by atoms with E-state index in [1.54, 1.807) is 6.92 Å². The lowest BCUT2D eigenvalue weighted by Crippen LogP contribution is -2.28. The number of halogens is 3. The molecule has 78 valence electrons. The maximum atomic E-state index is 12.2. The number of alkyl halides is 3. The molecule has 1 rings (SSSR count). The molecule has 1 aromatic carbocycles. The van der Waals surface area contributed by atoms with Gasteiger partial charge in [0.15, 0.2) is 0 Å². The van der Waals surface area contributed by atoms with Crippen molar-refractivity contribution in [2.24, 2.45) is 5.73 Å². The molecule has 0 saturated carbocycles. The van der Waals surface area contributed by atoms with Crippen LogP contribution >= 0.6 is 0 Å². The van der Waals surface area contributed by atoms with Crippen LogP contribution in [0, 0.1) is 6.92 Å². The third-order valence-electron chi connectivity index (χ3n) is 2.01. The first kappa shape index (κ1) is 10.8. The van der Waals surface area contributed by atoms with Gasteiger partial charge in [0.25, 0.3) is 0 Å². The number of hydrogen-bond donors (Lipinski definition) is 2. The maximum Gasteiger partial charge on any atom is 0.407 e. The van der Waals surface area contributed by atoms with Crippen molar-refractivity contribution in [2.75, 3.05) is 5.73 Å². The lowest BCUT2D eigenvalue weighted by atomic mass is 10.0. The van der Waals surface area contributed by atoms with Gasteiger partial charge in [0.1, 0.15) is 6.04 Å². The highest BCUT2D eigenvalue weighted by atomic mass is 19.4. The normalized spacial score (nSPS) is 14.1. The molecule has 1 atom stereocenters. The van der Waals surface area contributed by atoms with Crippen LogP contribution in [0.25, 0.3) is 0 Å². The van der Waals surface area contributed by atoms with Crippen LogP contribution in [-0.4, -0.2) is 6.18 Å². The van der Waals surface area contributed by atoms with E-state index < -0.39 is 12.2 Å². The summed E-state index contributed by atoms with van der Waals surface area (Å²) < 4.78 is 36.6. The summed E-state index contributed by atoms with van der Waals surface area (Å²) in [5, 5.41) is 0. The Bertz CT molecular complexity index is 333. The lowest BCUT2D eigenvalue weighted by Gasteiger charge is -2.16. The van der Waals surface area contributed by atoms with E-state index in [9.17, 15) is 13.2 Å². The Labute approximate surface area is 79.7 Å². The second kappa shape index (κ2) is 3.49. The Kier molecular flexibility index (Phi) is 2.71. The van der Waals surface area contributed by atoms with E-state index in [0.29, 0.717) is 11.3 Å². The second-order valence-corrected chi connectivity index (χ2v) is 3.14. The molecule has 14 heavy (non-hydrogen) atoms. The predicted octanol–water partition coefficient (Wildman–Crippen LogP) is 2.14. The Morgan fingerprint density at radius 2 is 1.86 bits per heavy atom. The minimum Gasteiger partial charge on any atom is -0.399 e. The molecule has 4 N–H and O–H groups in total. The summed E-state index contributed by atoms with van der Waals surface area (Å²) in [7, 11) is 0. The molecule has 0 heterocycles. The Hall–Kier alpha value is -1.23. The van der Waals surface area contributed by atoms with Crippen molar-refractivity contribution < 1.29 is 13.2 Å². The van der Waals surface area contributed by atoms with Gasteiger partial charge < -0.3 is 11.5 Å². The van der Waals surface area contributed by atoms with Gasteiger partial charge in [-0.3, -0.25) is 0 Å². The number of nitrogen functional groups attached to an aromatic ring is 1. The summed E-state index contributed by atoms with van der Waals surface area (Å²) in [4.78, 5) is 0. The molecular weight excluding hydrogens is 193 g/mol. The number of benzene rings is 1. The molecule has 0 spiro atoms. The molecular formula is C9H11F3N2. The molecule has 0 aliphatic carbocycles. The monoisotopic (exact) mass is 204 g/mol. The van der Waals surface area contributed by atoms with Crippen LogP contribution in [-0.2, 0) is 0 Å². The first-order valence-electron chi connectivity index (χ1n) is 4.00. The molecule has 0 aliphatic rings. The molecule has 0 unspecified atom stereocenters. The standard InChI is InChI=1S/C9H11F3N2/c1-5-4-6(2-3-7(5)13)8(14)9(10,11)12/h2-4,8H,13-14H2,1H3/t8-/m0/s1. The van der Waals surface area contributed by atoms with Crippen LogP contribution in [0.3, 0.4) is 0 Å². The highest BCUT2D eigenvalue weighted by molar-refractivity contribution is 5.48. The van der Waals surface area contributed by atoms with Gasteiger partial charge in [0.2, 0.25) is 0 Å². The molecule has 0 fully saturated rings. The van der Waals surface area contributed by atoms with E-state index in [1.165, 1.54) is 18.2 Å². The molecule has 0 bridgehead atoms. The zero-order chi connectivity index (χ0) is 10.9. The van der Waals surface area contributed by atoms with Crippen molar-refractivity contribution in [3.05, 3.63) is 29.3 Å². The number of anilines is 1. The highest BCUT2D eigenvalue weighted by Gasteiger charge is 2.37. The fourth-order valence-corrected chi connectivity index (χ4v) is 1.08. The Morgan fingerprint density at radius 1 is 1.29 bits per heavy atom. The number of aryl methyl sites for hydroxylation is 1. The number of hydrogen-bond acceptors (Lipinski definition) is 2. The molecule has 5 heteroatoms. The molecule has 1 aromatic rings. The van der Waals surface area contributed by atoms with Gasteiger partial charge in [0.05, 0.1) is 0 Å². The third kappa shape index (κ3) is 2.17. The highest BCUT2D eigenvalue weighted by Crippen LogP contribution is 2.31. The first-order chi connectivity index (χ1) is 6.32. The Morgan fingerprint density at radius 3 is 2.29 bits per heavy atom. The van der Waals surface area contributed by atoms with Crippen molar-refractivity contribution in [1.29, 1.82) is 0 Å². The van der Waals surface area contributed by atoms with Crippen molar-refractivity contribution in [2.45, 2.75) is 19.1 Å². The average molecular weight is 204 g/mol. The summed E-state index contributed by atoms with van der Waals surface area (Å²) in [5.74, 6) is 0. The maximum absolute atomic E-state index is 12.2. The fourth-order valence-electron chi connectivity index (χ4n) is 1.08. The molecule has 2 nitrogen and oxygen atoms in total. The third-order valence-corrected chi connectivity index (χ3v) is 2.01. The predicted molar refractivity (Wildman–Crippen MR) is 48.6 cm³/mol. The van der Waals surface area contributed by atoms with E-state index >= 15 is 0 Å². The van der Waals surface area contributed by atoms with E-state index in [0.717, 1.165) is 0 Å². The van der Waals surface area contributed by atoms with E-state index in [1.807, 2.05) is 0 Å². The van der Waals surface area contributed by atoms with Crippen LogP contribution in [0.1, 0.15) is 17.2 Å². The topological polar surface area (TPSA) is 52.0 Å². The molecule has 0 amide bonds. The van der Waals surface area contributed by atoms with Gasteiger partial charge in [-0.15, -0.1) is 0 Å². The van der Waals surface area contributed by atoms with Crippen molar-refractivity contribution >= 4 is 5.69 Å². The van der Waals surface area contributed by atoms with Gasteiger partial charge in [-0.05, 0) is 24.1 Å². The fraction of sp³-hybridized carbons (Fsp3) is 0.333. The second-order valence-electron chi connectivity index (χ2n) is 3.14. The van der Waals surface area contributed by atoms with Gasteiger partial charge in [-0.25, -0.2) is 0 Å². The van der Waals surface area contributed by atoms with Gasteiger partial charge in [-0.2, -0.15) is 13.2 Å². The van der Waals surface area contributed by atoms with Crippen molar-refractivity contribution in [3.8, 4) is 0 Å². The minimum atomic E-state index is -4.41. The smallest absolute Gasteiger partial charge is 0.399 e. The zero-order valence-electron chi connectivity index (χ0n) is 7.60. The van der Waals surface area contributed by atoms with Crippen LogP contribution < -0.4 is 11.5 Å². The minimum absolute atomic E-state index is 0.0317. The number of nitrogens with two attached hydrogens (primary N) is 2. The molecule has 0 aliphatic heterocycles. The summed E-state index contributed by atoms with van der Waals surface area (Å²) in [6, 6.07) is 2.13. The summed E-state index contributed by atoms with van der Waals surface area (Å²) in [6.07, 6.45) is -4.41. The summed E-state index contributed by atoms with van der Waals surface area (Å²) in [5.41, 5.74) is 11.6. The van der Waals surface area contributed by atoms with E-state index in [2.05, 4.69) is 0 Å². The molecule has 0 aromatic heterocycles. The van der Waals surface area contributed by atoms with E-state index in [-0.39, 0.29) is 5.56 Å². The Balaban J connectivity index is 3.03. The van der Waals surface area contributed by atoms with E-state index in [4.69, 9.17) is 11.5 Å². The van der Waals surface area contributed by atoms with Crippen molar-refractivity contribution in [3.63, 3.8) is 0 Å². The van der Waals surface area contributed by atoms with Gasteiger partial charge in [-0.1, -0.05) is 12.1 Å². The quantitative estimate of drug-likeness (QED) is 0.688. The molecule has 0 saturated heterocycles. The summed E-state index contributed by atoms with van der Waals surface area (Å²) >= 11 is 0. The molecule has 0 radical (unpaired) electrons. The first-order valence-corrected chi connectivity index (χ1v) is 4.00. The van der Waals surface area contributed by atoms with Crippen LogP contribution in [0.2, 0.25) is 0 Å².